The van der Waals surface area contributed by atoms with Gasteiger partial charge >= 0.3 is 15.2 Å². The van der Waals surface area contributed by atoms with E-state index in [0.29, 0.717) is 17.0 Å². The minimum absolute atomic E-state index is 0.177. The second-order valence-corrected chi connectivity index (χ2v) is 13.0. The summed E-state index contributed by atoms with van der Waals surface area (Å²) in [5.41, 5.74) is 1.42. The molecule has 0 amide bonds. The largest absolute Gasteiger partial charge is 0.387 e. The summed E-state index contributed by atoms with van der Waals surface area (Å²) in [7, 11) is -9.46. The molecule has 0 radical (unpaired) electrons. The number of fused-ring (bicyclic) bond motifs is 1. The zero-order chi connectivity index (χ0) is 24.7. The fraction of sp³-hybridized carbons (Fsp3) is 0.667. The average molecular weight is 541 g/mol. The van der Waals surface area contributed by atoms with Crippen molar-refractivity contribution in [1.29, 1.82) is 0 Å². The van der Waals surface area contributed by atoms with Gasteiger partial charge in [0.15, 0.2) is 16.7 Å². The molecule has 16 heteroatoms. The number of rotatable bonds is 8. The zero-order valence-corrected chi connectivity index (χ0v) is 20.5. The SMILES string of the molecule is O=P(O)(O)CP(=O)(O)OC[C@H]1O[C@@H](c2cnc3c(NC4CCCCC4)cc(Cl)nn23)C(O)C1O. The average Bonchev–Trinajstić information content (AvgIpc) is 3.27. The highest BCUT2D eigenvalue weighted by Gasteiger charge is 2.46. The maximum atomic E-state index is 11.9. The maximum absolute atomic E-state index is 11.9. The number of aliphatic hydroxyl groups excluding tert-OH is 2. The van der Waals surface area contributed by atoms with E-state index in [9.17, 15) is 24.2 Å². The molecule has 0 aromatic carbocycles. The maximum Gasteiger partial charge on any atom is 0.340 e. The van der Waals surface area contributed by atoms with Crippen LogP contribution in [0.5, 0.6) is 0 Å². The summed E-state index contributed by atoms with van der Waals surface area (Å²) in [5.74, 6) is -1.37. The number of nitrogens with zero attached hydrogens (tertiary/aromatic N) is 3. The number of nitrogens with one attached hydrogen (secondary N) is 1. The molecule has 1 saturated heterocycles. The Labute approximate surface area is 199 Å². The lowest BCUT2D eigenvalue weighted by molar-refractivity contribution is -0.0204. The Hall–Kier alpha value is -1.11. The highest BCUT2D eigenvalue weighted by atomic mass is 35.5. The second kappa shape index (κ2) is 10.1. The molecule has 190 valence electrons. The van der Waals surface area contributed by atoms with Crippen LogP contribution in [0.25, 0.3) is 5.65 Å². The number of anilines is 1. The first-order valence-electron chi connectivity index (χ1n) is 10.8. The second-order valence-electron chi connectivity index (χ2n) is 8.59. The Morgan fingerprint density at radius 2 is 1.88 bits per heavy atom. The molecule has 3 heterocycles. The van der Waals surface area contributed by atoms with Gasteiger partial charge in [-0.05, 0) is 12.8 Å². The fourth-order valence-electron chi connectivity index (χ4n) is 4.32. The number of halogens is 1. The third-order valence-corrected chi connectivity index (χ3v) is 9.53. The molecule has 1 saturated carbocycles. The molecular weight excluding hydrogens is 514 g/mol. The molecule has 2 aromatic heterocycles. The molecule has 4 rings (SSSR count). The van der Waals surface area contributed by atoms with Crippen LogP contribution in [-0.4, -0.2) is 76.4 Å². The van der Waals surface area contributed by atoms with E-state index >= 15 is 0 Å². The summed E-state index contributed by atoms with van der Waals surface area (Å²) in [6.07, 6.45) is 1.61. The standard InChI is InChI=1S/C18H27ClN4O9P2/c19-14-6-11(21-10-4-2-1-3-5-10)18-20-7-12(23(18)22-14)17-16(25)15(24)13(32-17)8-31-34(29,30)9-33(26,27)28/h6-7,10,13,15-17,21,24-25H,1-5,8-9H2,(H,29,30)(H2,26,27,28)/t13-,15?,16?,17+/m1/s1. The molecule has 2 fully saturated rings. The molecule has 0 bridgehead atoms. The van der Waals surface area contributed by atoms with Crippen molar-refractivity contribution in [3.63, 3.8) is 0 Å². The van der Waals surface area contributed by atoms with Crippen molar-refractivity contribution in [3.8, 4) is 0 Å². The van der Waals surface area contributed by atoms with Crippen LogP contribution in [0.2, 0.25) is 5.15 Å². The number of hydrogen-bond acceptors (Lipinski definition) is 9. The molecule has 0 spiro atoms. The van der Waals surface area contributed by atoms with Crippen LogP contribution in [0.15, 0.2) is 12.3 Å². The van der Waals surface area contributed by atoms with E-state index in [1.807, 2.05) is 0 Å². The third kappa shape index (κ3) is 5.99. The topological polar surface area (TPSA) is 196 Å². The van der Waals surface area contributed by atoms with Gasteiger partial charge in [-0.3, -0.25) is 9.13 Å². The molecule has 3 unspecified atom stereocenters. The lowest BCUT2D eigenvalue weighted by Gasteiger charge is -2.24. The molecule has 5 atom stereocenters. The summed E-state index contributed by atoms with van der Waals surface area (Å²) in [6, 6.07) is 1.94. The Morgan fingerprint density at radius 1 is 1.18 bits per heavy atom. The van der Waals surface area contributed by atoms with E-state index < -0.39 is 52.1 Å². The molecule has 1 aliphatic carbocycles. The third-order valence-electron chi connectivity index (χ3n) is 5.89. The van der Waals surface area contributed by atoms with Gasteiger partial charge in [0.25, 0.3) is 0 Å². The van der Waals surface area contributed by atoms with Crippen molar-refractivity contribution in [2.24, 2.45) is 0 Å². The zero-order valence-electron chi connectivity index (χ0n) is 18.0. The monoisotopic (exact) mass is 540 g/mol. The summed E-state index contributed by atoms with van der Waals surface area (Å²) >= 11 is 6.23. The Bertz CT molecular complexity index is 1120. The summed E-state index contributed by atoms with van der Waals surface area (Å²) in [4.78, 5) is 31.8. The first-order chi connectivity index (χ1) is 15.9. The Morgan fingerprint density at radius 3 is 2.56 bits per heavy atom. The normalized spacial score (nSPS) is 28.3. The Balaban J connectivity index is 1.52. The van der Waals surface area contributed by atoms with Crippen LogP contribution in [0, 0.1) is 0 Å². The first-order valence-corrected chi connectivity index (χ1v) is 14.7. The van der Waals surface area contributed by atoms with Crippen molar-refractivity contribution in [3.05, 3.63) is 23.1 Å². The summed E-state index contributed by atoms with van der Waals surface area (Å²) in [6.45, 7) is -0.679. The molecule has 2 aromatic rings. The number of aromatic nitrogens is 3. The number of imidazole rings is 1. The van der Waals surface area contributed by atoms with Gasteiger partial charge in [-0.15, -0.1) is 0 Å². The highest BCUT2D eigenvalue weighted by molar-refractivity contribution is 7.70. The van der Waals surface area contributed by atoms with Gasteiger partial charge in [0, 0.05) is 12.1 Å². The number of aliphatic hydroxyl groups is 2. The number of hydrogen-bond donors (Lipinski definition) is 6. The van der Waals surface area contributed by atoms with Crippen LogP contribution in [0.1, 0.15) is 43.9 Å². The predicted molar refractivity (Wildman–Crippen MR) is 121 cm³/mol. The molecule has 34 heavy (non-hydrogen) atoms. The van der Waals surface area contributed by atoms with E-state index in [2.05, 4.69) is 15.4 Å². The quantitative estimate of drug-likeness (QED) is 0.265. The van der Waals surface area contributed by atoms with Gasteiger partial charge in [-0.2, -0.15) is 5.10 Å². The first kappa shape index (κ1) is 26.0. The van der Waals surface area contributed by atoms with Gasteiger partial charge in [0.2, 0.25) is 0 Å². The molecule has 6 N–H and O–H groups in total. The summed E-state index contributed by atoms with van der Waals surface area (Å²) < 4.78 is 34.7. The molecule has 13 nitrogen and oxygen atoms in total. The van der Waals surface area contributed by atoms with E-state index in [4.69, 9.17) is 30.6 Å². The van der Waals surface area contributed by atoms with Gasteiger partial charge < -0.3 is 39.5 Å². The molecule has 2 aliphatic rings. The van der Waals surface area contributed by atoms with E-state index in [-0.39, 0.29) is 11.2 Å². The van der Waals surface area contributed by atoms with Gasteiger partial charge in [-0.1, -0.05) is 30.9 Å². The minimum atomic E-state index is -4.81. The van der Waals surface area contributed by atoms with Crippen LogP contribution < -0.4 is 5.32 Å². The lowest BCUT2D eigenvalue weighted by atomic mass is 9.95. The van der Waals surface area contributed by atoms with Crippen molar-refractivity contribution in [2.45, 2.75) is 62.6 Å². The van der Waals surface area contributed by atoms with Crippen molar-refractivity contribution < 1.29 is 43.3 Å². The molecule has 1 aliphatic heterocycles. The van der Waals surface area contributed by atoms with Crippen molar-refractivity contribution in [2.75, 3.05) is 17.8 Å². The van der Waals surface area contributed by atoms with E-state index in [1.165, 1.54) is 17.1 Å². The van der Waals surface area contributed by atoms with Crippen LogP contribution in [0.4, 0.5) is 5.69 Å². The van der Waals surface area contributed by atoms with Crippen LogP contribution in [-0.2, 0) is 18.4 Å². The lowest BCUT2D eigenvalue weighted by Crippen LogP contribution is -2.33. The predicted octanol–water partition coefficient (Wildman–Crippen LogP) is 1.63. The summed E-state index contributed by atoms with van der Waals surface area (Å²) in [5, 5.41) is 28.8. The fourth-order valence-corrected chi connectivity index (χ4v) is 7.07. The van der Waals surface area contributed by atoms with Crippen molar-refractivity contribution >= 4 is 38.1 Å². The van der Waals surface area contributed by atoms with Crippen LogP contribution >= 0.6 is 26.8 Å². The van der Waals surface area contributed by atoms with Crippen LogP contribution in [0.3, 0.4) is 0 Å². The highest BCUT2D eigenvalue weighted by Crippen LogP contribution is 2.55. The minimum Gasteiger partial charge on any atom is -0.387 e. The molecular formula is C18H27ClN4O9P2. The van der Waals surface area contributed by atoms with Gasteiger partial charge in [0.05, 0.1) is 24.2 Å². The van der Waals surface area contributed by atoms with Crippen molar-refractivity contribution in [1.82, 2.24) is 14.6 Å². The van der Waals surface area contributed by atoms with E-state index in [1.54, 1.807) is 6.07 Å². The number of ether oxygens (including phenoxy) is 1. The smallest absolute Gasteiger partial charge is 0.340 e. The van der Waals surface area contributed by atoms with E-state index in [0.717, 1.165) is 25.7 Å². The van der Waals surface area contributed by atoms with Gasteiger partial charge in [0.1, 0.15) is 24.4 Å². The van der Waals surface area contributed by atoms with Gasteiger partial charge in [-0.25, -0.2) is 9.50 Å². The Kier molecular flexibility index (Phi) is 7.71.